The van der Waals surface area contributed by atoms with Gasteiger partial charge in [0, 0.05) is 6.61 Å². The zero-order valence-electron chi connectivity index (χ0n) is 14.2. The van der Waals surface area contributed by atoms with E-state index in [1.54, 1.807) is 6.92 Å². The van der Waals surface area contributed by atoms with Gasteiger partial charge in [0.1, 0.15) is 5.54 Å². The lowest BCUT2D eigenvalue weighted by molar-refractivity contribution is -0.144. The minimum absolute atomic E-state index is 0.371. The highest BCUT2D eigenvalue weighted by molar-refractivity contribution is 5.78. The van der Waals surface area contributed by atoms with Gasteiger partial charge in [0.2, 0.25) is 0 Å². The first kappa shape index (κ1) is 18.4. The second kappa shape index (κ2) is 8.74. The summed E-state index contributed by atoms with van der Waals surface area (Å²) in [7, 11) is 0. The number of hydrogen-bond donors (Lipinski definition) is 2. The van der Waals surface area contributed by atoms with Gasteiger partial charge in [-0.2, -0.15) is 0 Å². The molecule has 0 aliphatic heterocycles. The second-order valence-corrected chi connectivity index (χ2v) is 6.93. The molecular weight excluding hydrogens is 266 g/mol. The van der Waals surface area contributed by atoms with E-state index in [1.807, 2.05) is 6.92 Å². The zero-order valence-corrected chi connectivity index (χ0v) is 14.2. The third-order valence-electron chi connectivity index (χ3n) is 4.96. The molecule has 0 aromatic carbocycles. The molecule has 4 nitrogen and oxygen atoms in total. The quantitative estimate of drug-likeness (QED) is 0.640. The summed E-state index contributed by atoms with van der Waals surface area (Å²) >= 11 is 0. The summed E-state index contributed by atoms with van der Waals surface area (Å²) in [5.41, 5.74) is -0.826. The first-order valence-corrected chi connectivity index (χ1v) is 8.49. The Bertz CT molecular complexity index is 321. The number of aliphatic carboxylic acids is 1. The van der Waals surface area contributed by atoms with E-state index < -0.39 is 11.5 Å². The van der Waals surface area contributed by atoms with Crippen molar-refractivity contribution < 1.29 is 14.6 Å². The van der Waals surface area contributed by atoms with Crippen molar-refractivity contribution in [1.82, 2.24) is 5.32 Å². The molecule has 4 heteroatoms. The summed E-state index contributed by atoms with van der Waals surface area (Å²) in [6.45, 7) is 9.85. The fourth-order valence-corrected chi connectivity index (χ4v) is 3.00. The van der Waals surface area contributed by atoms with Crippen LogP contribution in [0.25, 0.3) is 0 Å². The largest absolute Gasteiger partial charge is 0.480 e. The molecule has 0 saturated heterocycles. The molecule has 1 rings (SSSR count). The fourth-order valence-electron chi connectivity index (χ4n) is 3.00. The standard InChI is InChI=1S/C17H33NO3/c1-5-10-18-17(4,16(19)20)9-6-11-21-15-8-7-13(2)14(3)12-15/h13-15,18H,5-12H2,1-4H3,(H,19,20). The summed E-state index contributed by atoms with van der Waals surface area (Å²) < 4.78 is 5.96. The Labute approximate surface area is 129 Å². The predicted molar refractivity (Wildman–Crippen MR) is 85.5 cm³/mol. The smallest absolute Gasteiger partial charge is 0.323 e. The van der Waals surface area contributed by atoms with E-state index in [-0.39, 0.29) is 0 Å². The minimum Gasteiger partial charge on any atom is -0.480 e. The van der Waals surface area contributed by atoms with Crippen LogP contribution in [0.5, 0.6) is 0 Å². The number of rotatable bonds is 9. The average molecular weight is 299 g/mol. The van der Waals surface area contributed by atoms with Gasteiger partial charge in [0.25, 0.3) is 0 Å². The van der Waals surface area contributed by atoms with E-state index in [9.17, 15) is 9.90 Å². The number of ether oxygens (including phenoxy) is 1. The van der Waals surface area contributed by atoms with Crippen molar-refractivity contribution in [2.45, 2.75) is 77.9 Å². The third-order valence-corrected chi connectivity index (χ3v) is 4.96. The number of carboxylic acids is 1. The van der Waals surface area contributed by atoms with Gasteiger partial charge in [-0.3, -0.25) is 4.79 Å². The van der Waals surface area contributed by atoms with Gasteiger partial charge in [-0.1, -0.05) is 20.8 Å². The molecule has 1 saturated carbocycles. The van der Waals surface area contributed by atoms with Crippen LogP contribution >= 0.6 is 0 Å². The van der Waals surface area contributed by atoms with E-state index >= 15 is 0 Å². The zero-order chi connectivity index (χ0) is 15.9. The van der Waals surface area contributed by atoms with E-state index in [4.69, 9.17) is 4.74 Å². The number of nitrogens with one attached hydrogen (secondary N) is 1. The molecule has 0 spiro atoms. The van der Waals surface area contributed by atoms with Crippen LogP contribution in [0.15, 0.2) is 0 Å². The molecule has 4 atom stereocenters. The lowest BCUT2D eigenvalue weighted by Crippen LogP contribution is -2.49. The Morgan fingerprint density at radius 2 is 2.05 bits per heavy atom. The first-order valence-electron chi connectivity index (χ1n) is 8.49. The van der Waals surface area contributed by atoms with Crippen molar-refractivity contribution >= 4 is 5.97 Å². The third kappa shape index (κ3) is 5.95. The highest BCUT2D eigenvalue weighted by Crippen LogP contribution is 2.31. The number of hydrogen-bond acceptors (Lipinski definition) is 3. The Morgan fingerprint density at radius 3 is 2.62 bits per heavy atom. The van der Waals surface area contributed by atoms with E-state index in [0.29, 0.717) is 19.1 Å². The Hall–Kier alpha value is -0.610. The highest BCUT2D eigenvalue weighted by atomic mass is 16.5. The van der Waals surface area contributed by atoms with Crippen LogP contribution in [0.3, 0.4) is 0 Å². The molecular formula is C17H33NO3. The van der Waals surface area contributed by atoms with Gasteiger partial charge >= 0.3 is 5.97 Å². The Morgan fingerprint density at radius 1 is 1.33 bits per heavy atom. The molecule has 1 fully saturated rings. The predicted octanol–water partition coefficient (Wildman–Crippen LogP) is 3.45. The van der Waals surface area contributed by atoms with Gasteiger partial charge in [-0.15, -0.1) is 0 Å². The summed E-state index contributed by atoms with van der Waals surface area (Å²) in [5, 5.41) is 12.5. The van der Waals surface area contributed by atoms with Gasteiger partial charge < -0.3 is 15.2 Å². The minimum atomic E-state index is -0.826. The lowest BCUT2D eigenvalue weighted by atomic mass is 9.80. The number of carboxylic acid groups (broad SMARTS) is 1. The van der Waals surface area contributed by atoms with Crippen LogP contribution in [0.2, 0.25) is 0 Å². The lowest BCUT2D eigenvalue weighted by Gasteiger charge is -2.32. The topological polar surface area (TPSA) is 58.6 Å². The monoisotopic (exact) mass is 299 g/mol. The summed E-state index contributed by atoms with van der Waals surface area (Å²) in [6.07, 6.45) is 6.26. The van der Waals surface area contributed by atoms with E-state index in [1.165, 1.54) is 6.42 Å². The van der Waals surface area contributed by atoms with Crippen LogP contribution in [0, 0.1) is 11.8 Å². The summed E-state index contributed by atoms with van der Waals surface area (Å²) in [5.74, 6) is 0.772. The maximum Gasteiger partial charge on any atom is 0.323 e. The molecule has 0 bridgehead atoms. The molecule has 2 N–H and O–H groups in total. The SMILES string of the molecule is CCCNC(C)(CCCOC1CCC(C)C(C)C1)C(=O)O. The highest BCUT2D eigenvalue weighted by Gasteiger charge is 2.31. The molecule has 1 aliphatic carbocycles. The molecule has 0 amide bonds. The van der Waals surface area contributed by atoms with Crippen molar-refractivity contribution in [3.63, 3.8) is 0 Å². The van der Waals surface area contributed by atoms with Gasteiger partial charge in [0.15, 0.2) is 0 Å². The van der Waals surface area contributed by atoms with Crippen LogP contribution in [-0.4, -0.2) is 35.9 Å². The maximum atomic E-state index is 11.4. The maximum absolute atomic E-state index is 11.4. The van der Waals surface area contributed by atoms with Crippen molar-refractivity contribution in [1.29, 1.82) is 0 Å². The van der Waals surface area contributed by atoms with Crippen molar-refractivity contribution in [3.8, 4) is 0 Å². The summed E-state index contributed by atoms with van der Waals surface area (Å²) in [4.78, 5) is 11.4. The van der Waals surface area contributed by atoms with Gasteiger partial charge in [-0.25, -0.2) is 0 Å². The number of carbonyl (C=O) groups is 1. The summed E-state index contributed by atoms with van der Waals surface area (Å²) in [6, 6.07) is 0. The Balaban J connectivity index is 2.27. The van der Waals surface area contributed by atoms with Crippen molar-refractivity contribution in [2.75, 3.05) is 13.2 Å². The van der Waals surface area contributed by atoms with Crippen LogP contribution in [-0.2, 0) is 9.53 Å². The molecule has 4 unspecified atom stereocenters. The van der Waals surface area contributed by atoms with Crippen LogP contribution < -0.4 is 5.32 Å². The van der Waals surface area contributed by atoms with Gasteiger partial charge in [0.05, 0.1) is 6.10 Å². The molecule has 21 heavy (non-hydrogen) atoms. The normalized spacial score (nSPS) is 29.0. The van der Waals surface area contributed by atoms with Gasteiger partial charge in [-0.05, 0) is 63.8 Å². The van der Waals surface area contributed by atoms with E-state index in [0.717, 1.165) is 44.1 Å². The Kier molecular flexibility index (Phi) is 7.67. The average Bonchev–Trinajstić information content (AvgIpc) is 2.45. The van der Waals surface area contributed by atoms with Crippen molar-refractivity contribution in [2.24, 2.45) is 11.8 Å². The molecule has 1 aliphatic rings. The van der Waals surface area contributed by atoms with Crippen molar-refractivity contribution in [3.05, 3.63) is 0 Å². The molecule has 0 aromatic heterocycles. The van der Waals surface area contributed by atoms with E-state index in [2.05, 4.69) is 19.2 Å². The van der Waals surface area contributed by atoms with Crippen LogP contribution in [0.4, 0.5) is 0 Å². The fraction of sp³-hybridized carbons (Fsp3) is 0.941. The van der Waals surface area contributed by atoms with Crippen LogP contribution in [0.1, 0.15) is 66.2 Å². The molecule has 0 aromatic rings. The second-order valence-electron chi connectivity index (χ2n) is 6.93. The molecule has 124 valence electrons. The molecule has 0 heterocycles. The molecule has 0 radical (unpaired) electrons. The first-order chi connectivity index (χ1) is 9.89.